The molecule has 0 fully saturated rings. The van der Waals surface area contributed by atoms with Crippen LogP contribution in [0.1, 0.15) is 28.8 Å². The number of benzene rings is 2. The van der Waals surface area contributed by atoms with Crippen LogP contribution in [0.15, 0.2) is 47.1 Å². The lowest BCUT2D eigenvalue weighted by Gasteiger charge is -2.14. The Morgan fingerprint density at radius 2 is 1.94 bits per heavy atom. The minimum absolute atomic E-state index is 0.0881. The number of hydrogen-bond acceptors (Lipinski definition) is 8. The zero-order chi connectivity index (χ0) is 25.7. The first-order valence-electron chi connectivity index (χ1n) is 11.0. The van der Waals surface area contributed by atoms with Crippen LogP contribution >= 0.6 is 0 Å². The van der Waals surface area contributed by atoms with Gasteiger partial charge >= 0.3 is 5.97 Å². The van der Waals surface area contributed by atoms with Gasteiger partial charge in [0.1, 0.15) is 17.5 Å². The fraction of sp³-hybridized carbons (Fsp3) is 0.250. The predicted octanol–water partition coefficient (Wildman–Crippen LogP) is 1.03. The number of amides is 1. The van der Waals surface area contributed by atoms with Crippen LogP contribution in [0.2, 0.25) is 0 Å². The van der Waals surface area contributed by atoms with Crippen LogP contribution in [-0.2, 0) is 9.59 Å². The van der Waals surface area contributed by atoms with Crippen LogP contribution in [-0.4, -0.2) is 54.7 Å². The molecular formula is C24H24N4O8. The molecule has 4 rings (SSSR count). The van der Waals surface area contributed by atoms with Gasteiger partial charge in [-0.05, 0) is 48.7 Å². The highest BCUT2D eigenvalue weighted by Gasteiger charge is 2.28. The van der Waals surface area contributed by atoms with Crippen LogP contribution in [0.4, 0.5) is 0 Å². The molecule has 2 aromatic rings. The quantitative estimate of drug-likeness (QED) is 0.160. The molecule has 0 bridgehead atoms. The molecule has 6 N–H and O–H groups in total. The van der Waals surface area contributed by atoms with Gasteiger partial charge in [0.05, 0.1) is 5.56 Å². The average molecular weight is 496 g/mol. The second kappa shape index (κ2) is 10.7. The summed E-state index contributed by atoms with van der Waals surface area (Å²) in [6.07, 6.45) is 2.11. The van der Waals surface area contributed by atoms with Crippen LogP contribution in [0, 0.1) is 0 Å². The highest BCUT2D eigenvalue weighted by atomic mass is 16.7. The smallest absolute Gasteiger partial charge is 0.326 e. The number of allylic oxidation sites excluding steroid dienone is 1. The van der Waals surface area contributed by atoms with Crippen molar-refractivity contribution >= 4 is 29.7 Å². The zero-order valence-corrected chi connectivity index (χ0v) is 19.1. The summed E-state index contributed by atoms with van der Waals surface area (Å²) in [5, 5.41) is 11.7. The number of Topliss-reactive ketones (excluding diaryl/α,β-unsaturated/α-hetero) is 1. The number of carboxylic acids is 1. The summed E-state index contributed by atoms with van der Waals surface area (Å²) in [5.74, 6) is -0.278. The van der Waals surface area contributed by atoms with E-state index in [1.54, 1.807) is 24.3 Å². The number of guanidine groups is 1. The van der Waals surface area contributed by atoms with Crippen molar-refractivity contribution in [2.24, 2.45) is 16.5 Å². The Bertz CT molecular complexity index is 1250. The maximum absolute atomic E-state index is 12.7. The number of carbonyl (C=O) groups excluding carboxylic acids is 2. The molecule has 188 valence electrons. The van der Waals surface area contributed by atoms with Crippen molar-refractivity contribution in [2.45, 2.75) is 18.9 Å². The van der Waals surface area contributed by atoms with Crippen molar-refractivity contribution < 1.29 is 38.4 Å². The highest BCUT2D eigenvalue weighted by molar-refractivity contribution is 6.14. The summed E-state index contributed by atoms with van der Waals surface area (Å²) >= 11 is 0. The first-order chi connectivity index (χ1) is 17.3. The molecule has 2 aliphatic heterocycles. The van der Waals surface area contributed by atoms with Crippen molar-refractivity contribution in [3.05, 3.63) is 53.3 Å². The van der Waals surface area contributed by atoms with E-state index in [1.165, 1.54) is 18.2 Å². The molecule has 36 heavy (non-hydrogen) atoms. The van der Waals surface area contributed by atoms with E-state index in [0.717, 1.165) is 0 Å². The molecule has 12 nitrogen and oxygen atoms in total. The number of nitrogens with zero attached hydrogens (tertiary/aromatic N) is 1. The minimum Gasteiger partial charge on any atom is -0.484 e. The number of aliphatic imine (C=N–C) groups is 1. The zero-order valence-electron chi connectivity index (χ0n) is 19.1. The third-order valence-electron chi connectivity index (χ3n) is 5.28. The molecule has 0 saturated heterocycles. The van der Waals surface area contributed by atoms with E-state index < -0.39 is 24.5 Å². The SMILES string of the molecule is NC(N)=NCCCC(NC(=O)COc1ccc2c(c1)OC(=Cc1ccc3c(c1)OCO3)C2=O)C(=O)O. The van der Waals surface area contributed by atoms with E-state index in [9.17, 15) is 19.5 Å². The highest BCUT2D eigenvalue weighted by Crippen LogP contribution is 2.37. The molecule has 0 aromatic heterocycles. The number of nitrogens with two attached hydrogens (primary N) is 2. The molecule has 1 unspecified atom stereocenters. The van der Waals surface area contributed by atoms with Gasteiger partial charge in [-0.15, -0.1) is 0 Å². The average Bonchev–Trinajstić information content (AvgIpc) is 3.43. The second-order valence-electron chi connectivity index (χ2n) is 7.91. The van der Waals surface area contributed by atoms with Crippen molar-refractivity contribution in [1.82, 2.24) is 5.32 Å². The first kappa shape index (κ1) is 24.4. The maximum atomic E-state index is 12.7. The van der Waals surface area contributed by atoms with Crippen molar-refractivity contribution in [3.8, 4) is 23.0 Å². The fourth-order valence-corrected chi connectivity index (χ4v) is 3.56. The molecule has 1 atom stereocenters. The Morgan fingerprint density at radius 1 is 1.14 bits per heavy atom. The summed E-state index contributed by atoms with van der Waals surface area (Å²) in [7, 11) is 0. The van der Waals surface area contributed by atoms with E-state index in [0.29, 0.717) is 29.0 Å². The monoisotopic (exact) mass is 496 g/mol. The second-order valence-corrected chi connectivity index (χ2v) is 7.91. The van der Waals surface area contributed by atoms with Gasteiger partial charge in [-0.2, -0.15) is 0 Å². The lowest BCUT2D eigenvalue weighted by atomic mass is 10.1. The van der Waals surface area contributed by atoms with E-state index in [2.05, 4.69) is 10.3 Å². The van der Waals surface area contributed by atoms with Gasteiger partial charge in [0.25, 0.3) is 5.91 Å². The first-order valence-corrected chi connectivity index (χ1v) is 11.0. The van der Waals surface area contributed by atoms with Crippen LogP contribution < -0.4 is 35.7 Å². The van der Waals surface area contributed by atoms with Gasteiger partial charge in [0, 0.05) is 12.6 Å². The van der Waals surface area contributed by atoms with Gasteiger partial charge in [-0.25, -0.2) is 4.79 Å². The van der Waals surface area contributed by atoms with Crippen molar-refractivity contribution in [3.63, 3.8) is 0 Å². The molecule has 2 heterocycles. The Labute approximate surface area is 205 Å². The number of nitrogens with one attached hydrogen (secondary N) is 1. The molecule has 12 heteroatoms. The summed E-state index contributed by atoms with van der Waals surface area (Å²) in [6, 6.07) is 8.71. The molecule has 0 aliphatic carbocycles. The standard InChI is InChI=1S/C24H24N4O8/c25-24(26)27-7-1-2-16(23(31)32)28-21(29)11-33-14-4-5-15-18(10-14)36-20(22(15)30)9-13-3-6-17-19(8-13)35-12-34-17/h3-6,8-10,16H,1-2,7,11-12H2,(H,28,29)(H,31,32)(H4,25,26,27). The number of ether oxygens (including phenoxy) is 4. The lowest BCUT2D eigenvalue weighted by molar-refractivity contribution is -0.142. The van der Waals surface area contributed by atoms with E-state index >= 15 is 0 Å². The topological polar surface area (TPSA) is 185 Å². The number of fused-ring (bicyclic) bond motifs is 2. The number of aliphatic carboxylic acids is 1. The number of carboxylic acid groups (broad SMARTS) is 1. The third kappa shape index (κ3) is 5.84. The largest absolute Gasteiger partial charge is 0.484 e. The Hall–Kier alpha value is -4.74. The van der Waals surface area contributed by atoms with E-state index in [1.807, 2.05) is 0 Å². The number of carbonyl (C=O) groups is 3. The van der Waals surface area contributed by atoms with Crippen LogP contribution in [0.25, 0.3) is 6.08 Å². The van der Waals surface area contributed by atoms with Gasteiger partial charge in [0.15, 0.2) is 29.8 Å². The molecule has 0 saturated carbocycles. The van der Waals surface area contributed by atoms with Gasteiger partial charge in [-0.1, -0.05) is 6.07 Å². The molecule has 2 aromatic carbocycles. The van der Waals surface area contributed by atoms with Crippen LogP contribution in [0.5, 0.6) is 23.0 Å². The van der Waals surface area contributed by atoms with Crippen molar-refractivity contribution in [2.75, 3.05) is 19.9 Å². The van der Waals surface area contributed by atoms with Crippen LogP contribution in [0.3, 0.4) is 0 Å². The summed E-state index contributed by atoms with van der Waals surface area (Å²) in [6.45, 7) is -0.0326. The van der Waals surface area contributed by atoms with E-state index in [4.69, 9.17) is 30.4 Å². The molecule has 0 radical (unpaired) electrons. The Morgan fingerprint density at radius 3 is 2.72 bits per heavy atom. The fourth-order valence-electron chi connectivity index (χ4n) is 3.56. The number of hydrogen-bond donors (Lipinski definition) is 4. The minimum atomic E-state index is -1.18. The number of ketones is 1. The molecule has 1 amide bonds. The summed E-state index contributed by atoms with van der Waals surface area (Å²) in [5.41, 5.74) is 11.5. The lowest BCUT2D eigenvalue weighted by Crippen LogP contribution is -2.43. The van der Waals surface area contributed by atoms with E-state index in [-0.39, 0.29) is 48.8 Å². The molecule has 0 spiro atoms. The normalized spacial score (nSPS) is 15.1. The third-order valence-corrected chi connectivity index (χ3v) is 5.28. The summed E-state index contributed by atoms with van der Waals surface area (Å²) in [4.78, 5) is 40.1. The number of rotatable bonds is 10. The van der Waals surface area contributed by atoms with Crippen molar-refractivity contribution in [1.29, 1.82) is 0 Å². The molecular weight excluding hydrogens is 472 g/mol. The molecule has 2 aliphatic rings. The van der Waals surface area contributed by atoms with Gasteiger partial charge in [0.2, 0.25) is 12.6 Å². The Balaban J connectivity index is 1.33. The predicted molar refractivity (Wildman–Crippen MR) is 127 cm³/mol. The summed E-state index contributed by atoms with van der Waals surface area (Å²) < 4.78 is 21.8. The van der Waals surface area contributed by atoms with Gasteiger partial charge in [-0.3, -0.25) is 14.6 Å². The Kier molecular flexibility index (Phi) is 7.23. The maximum Gasteiger partial charge on any atom is 0.326 e. The van der Waals surface area contributed by atoms with Gasteiger partial charge < -0.3 is 40.8 Å².